The lowest BCUT2D eigenvalue weighted by atomic mass is 10.3. The Morgan fingerprint density at radius 2 is 1.85 bits per heavy atom. The molecular formula is C13H22N6O. The van der Waals surface area contributed by atoms with Crippen molar-refractivity contribution in [1.29, 1.82) is 0 Å². The molecule has 1 aromatic rings. The van der Waals surface area contributed by atoms with Crippen LogP contribution in [0.3, 0.4) is 0 Å². The minimum atomic E-state index is 0.294. The fraction of sp³-hybridized carbons (Fsp3) is 0.769. The van der Waals surface area contributed by atoms with Gasteiger partial charge in [0.2, 0.25) is 17.8 Å². The first kappa shape index (κ1) is 13.4. The zero-order chi connectivity index (χ0) is 13.9. The third kappa shape index (κ3) is 2.63. The van der Waals surface area contributed by atoms with Gasteiger partial charge in [-0.3, -0.25) is 0 Å². The van der Waals surface area contributed by atoms with E-state index < -0.39 is 0 Å². The van der Waals surface area contributed by atoms with Gasteiger partial charge in [0.25, 0.3) is 0 Å². The van der Waals surface area contributed by atoms with Crippen LogP contribution in [-0.4, -0.2) is 60.9 Å². The summed E-state index contributed by atoms with van der Waals surface area (Å²) in [6.07, 6.45) is 2.42. The maximum atomic E-state index is 5.48. The molecule has 7 heteroatoms. The Hall–Kier alpha value is -1.63. The van der Waals surface area contributed by atoms with Crippen molar-refractivity contribution in [2.45, 2.75) is 25.8 Å². The van der Waals surface area contributed by atoms with Gasteiger partial charge in [0.05, 0.1) is 19.3 Å². The smallest absolute Gasteiger partial charge is 0.232 e. The molecule has 0 radical (unpaired) electrons. The Labute approximate surface area is 119 Å². The summed E-state index contributed by atoms with van der Waals surface area (Å²) in [5.74, 6) is 2.17. The second-order valence-corrected chi connectivity index (χ2v) is 5.32. The van der Waals surface area contributed by atoms with Gasteiger partial charge in [-0.1, -0.05) is 0 Å². The van der Waals surface area contributed by atoms with E-state index >= 15 is 0 Å². The van der Waals surface area contributed by atoms with E-state index in [0.717, 1.165) is 44.7 Å². The van der Waals surface area contributed by atoms with E-state index in [1.54, 1.807) is 0 Å². The van der Waals surface area contributed by atoms with Crippen LogP contribution in [0.15, 0.2) is 0 Å². The average molecular weight is 278 g/mol. The summed E-state index contributed by atoms with van der Waals surface area (Å²) in [6.45, 7) is 6.48. The molecule has 0 bridgehead atoms. The van der Waals surface area contributed by atoms with Crippen molar-refractivity contribution >= 4 is 17.8 Å². The van der Waals surface area contributed by atoms with Crippen LogP contribution in [0.2, 0.25) is 0 Å². The molecule has 1 aromatic heterocycles. The number of rotatable bonds is 3. The normalized spacial score (nSPS) is 23.2. The highest BCUT2D eigenvalue weighted by Gasteiger charge is 2.24. The average Bonchev–Trinajstić information content (AvgIpc) is 3.01. The lowest BCUT2D eigenvalue weighted by Crippen LogP contribution is -2.44. The van der Waals surface area contributed by atoms with Crippen LogP contribution in [-0.2, 0) is 4.74 Å². The van der Waals surface area contributed by atoms with Crippen LogP contribution in [0.4, 0.5) is 17.8 Å². The van der Waals surface area contributed by atoms with Gasteiger partial charge in [0.15, 0.2) is 0 Å². The van der Waals surface area contributed by atoms with Crippen LogP contribution in [0.5, 0.6) is 0 Å². The molecule has 2 fully saturated rings. The molecule has 0 aliphatic carbocycles. The first-order valence-corrected chi connectivity index (χ1v) is 7.31. The van der Waals surface area contributed by atoms with Crippen molar-refractivity contribution in [1.82, 2.24) is 15.0 Å². The lowest BCUT2D eigenvalue weighted by molar-refractivity contribution is 0.0981. The zero-order valence-electron chi connectivity index (χ0n) is 12.2. The predicted octanol–water partition coefficient (Wildman–Crippen LogP) is 0.739. The van der Waals surface area contributed by atoms with Crippen molar-refractivity contribution in [3.63, 3.8) is 0 Å². The Bertz CT molecular complexity index is 462. The minimum Gasteiger partial charge on any atom is -0.377 e. The Morgan fingerprint density at radius 1 is 1.10 bits per heavy atom. The molecule has 110 valence electrons. The van der Waals surface area contributed by atoms with Crippen LogP contribution < -0.4 is 15.1 Å². The zero-order valence-corrected chi connectivity index (χ0v) is 12.2. The molecule has 3 heterocycles. The van der Waals surface area contributed by atoms with Gasteiger partial charge < -0.3 is 19.9 Å². The fourth-order valence-electron chi connectivity index (χ4n) is 2.68. The molecule has 2 saturated heterocycles. The van der Waals surface area contributed by atoms with Crippen LogP contribution in [0.1, 0.15) is 19.8 Å². The molecular weight excluding hydrogens is 256 g/mol. The van der Waals surface area contributed by atoms with Gasteiger partial charge in [-0.2, -0.15) is 15.0 Å². The second kappa shape index (κ2) is 5.78. The highest BCUT2D eigenvalue weighted by Crippen LogP contribution is 2.22. The molecule has 0 saturated carbocycles. The maximum Gasteiger partial charge on any atom is 0.232 e. The van der Waals surface area contributed by atoms with Crippen LogP contribution >= 0.6 is 0 Å². The summed E-state index contributed by atoms with van der Waals surface area (Å²) < 4.78 is 5.48. The summed E-state index contributed by atoms with van der Waals surface area (Å²) in [4.78, 5) is 18.1. The molecule has 1 atom stereocenters. The number of hydrogen-bond donors (Lipinski definition) is 1. The molecule has 0 spiro atoms. The number of anilines is 3. The highest BCUT2D eigenvalue weighted by molar-refractivity contribution is 5.46. The summed E-state index contributed by atoms with van der Waals surface area (Å²) >= 11 is 0. The summed E-state index contributed by atoms with van der Waals surface area (Å²) in [5.41, 5.74) is 0. The van der Waals surface area contributed by atoms with E-state index in [4.69, 9.17) is 4.74 Å². The summed E-state index contributed by atoms with van der Waals surface area (Å²) in [5, 5.41) is 3.04. The van der Waals surface area contributed by atoms with E-state index in [2.05, 4.69) is 37.0 Å². The number of aromatic nitrogens is 3. The molecule has 7 nitrogen and oxygen atoms in total. The maximum absolute atomic E-state index is 5.48. The van der Waals surface area contributed by atoms with E-state index in [9.17, 15) is 0 Å². The van der Waals surface area contributed by atoms with Gasteiger partial charge in [0, 0.05) is 26.7 Å². The van der Waals surface area contributed by atoms with Gasteiger partial charge in [0.1, 0.15) is 0 Å². The molecule has 2 aliphatic heterocycles. The summed E-state index contributed by atoms with van der Waals surface area (Å²) in [6, 6.07) is 0.294. The molecule has 1 N–H and O–H groups in total. The number of hydrogen-bond acceptors (Lipinski definition) is 7. The number of ether oxygens (including phenoxy) is 1. The predicted molar refractivity (Wildman–Crippen MR) is 78.4 cm³/mol. The first-order valence-electron chi connectivity index (χ1n) is 7.31. The largest absolute Gasteiger partial charge is 0.377 e. The van der Waals surface area contributed by atoms with Gasteiger partial charge >= 0.3 is 0 Å². The van der Waals surface area contributed by atoms with E-state index in [1.165, 1.54) is 12.8 Å². The van der Waals surface area contributed by atoms with Gasteiger partial charge in [-0.15, -0.1) is 0 Å². The van der Waals surface area contributed by atoms with E-state index in [1.807, 2.05) is 7.05 Å². The molecule has 0 amide bonds. The van der Waals surface area contributed by atoms with Gasteiger partial charge in [-0.25, -0.2) is 0 Å². The van der Waals surface area contributed by atoms with E-state index in [0.29, 0.717) is 12.0 Å². The number of nitrogens with one attached hydrogen (secondary N) is 1. The van der Waals surface area contributed by atoms with Crippen molar-refractivity contribution < 1.29 is 4.74 Å². The Morgan fingerprint density at radius 3 is 2.55 bits per heavy atom. The third-order valence-corrected chi connectivity index (χ3v) is 3.85. The van der Waals surface area contributed by atoms with Crippen LogP contribution in [0.25, 0.3) is 0 Å². The molecule has 0 aromatic carbocycles. The highest BCUT2D eigenvalue weighted by atomic mass is 16.5. The molecule has 2 aliphatic rings. The SMILES string of the molecule is CNc1nc(N2CCCC2)nc(N2CCOCC2C)n1. The van der Waals surface area contributed by atoms with Crippen molar-refractivity contribution in [3.05, 3.63) is 0 Å². The van der Waals surface area contributed by atoms with Crippen molar-refractivity contribution in [2.75, 3.05) is 55.0 Å². The van der Waals surface area contributed by atoms with Crippen molar-refractivity contribution in [3.8, 4) is 0 Å². The monoisotopic (exact) mass is 278 g/mol. The fourth-order valence-corrected chi connectivity index (χ4v) is 2.68. The Kier molecular flexibility index (Phi) is 3.86. The topological polar surface area (TPSA) is 66.4 Å². The minimum absolute atomic E-state index is 0.294. The number of morpholine rings is 1. The Balaban J connectivity index is 1.90. The van der Waals surface area contributed by atoms with E-state index in [-0.39, 0.29) is 0 Å². The first-order chi connectivity index (χ1) is 9.78. The third-order valence-electron chi connectivity index (χ3n) is 3.85. The second-order valence-electron chi connectivity index (χ2n) is 5.32. The van der Waals surface area contributed by atoms with Crippen LogP contribution in [0, 0.1) is 0 Å². The molecule has 20 heavy (non-hydrogen) atoms. The molecule has 3 rings (SSSR count). The standard InChI is InChI=1S/C13H22N6O/c1-10-9-20-8-7-19(10)13-16-11(14-2)15-12(17-13)18-5-3-4-6-18/h10H,3-9H2,1-2H3,(H,14,15,16,17). The van der Waals surface area contributed by atoms with Crippen molar-refractivity contribution in [2.24, 2.45) is 0 Å². The lowest BCUT2D eigenvalue weighted by Gasteiger charge is -2.33. The molecule has 1 unspecified atom stereocenters. The quantitative estimate of drug-likeness (QED) is 0.874. The summed E-state index contributed by atoms with van der Waals surface area (Å²) in [7, 11) is 1.84. The number of nitrogens with zero attached hydrogens (tertiary/aromatic N) is 5. The van der Waals surface area contributed by atoms with Gasteiger partial charge in [-0.05, 0) is 19.8 Å².